The third-order valence-electron chi connectivity index (χ3n) is 1.89. The Morgan fingerprint density at radius 2 is 2.24 bits per heavy atom. The van der Waals surface area contributed by atoms with Crippen LogP contribution in [0.15, 0.2) is 6.33 Å². The molecule has 0 aliphatic rings. The summed E-state index contributed by atoms with van der Waals surface area (Å²) < 4.78 is 0. The summed E-state index contributed by atoms with van der Waals surface area (Å²) in [7, 11) is 0. The summed E-state index contributed by atoms with van der Waals surface area (Å²) in [6.45, 7) is 1.67. The number of nitrogens with zero attached hydrogens (tertiary/aromatic N) is 3. The molecule has 2 heterocycles. The number of nitrogens with one attached hydrogen (secondary N) is 3. The number of hydrogen-bond donors (Lipinski definition) is 4. The first-order chi connectivity index (χ1) is 8.08. The van der Waals surface area contributed by atoms with Gasteiger partial charge in [0.05, 0.1) is 6.33 Å². The molecule has 0 spiro atoms. The van der Waals surface area contributed by atoms with Gasteiger partial charge in [-0.3, -0.25) is 15.2 Å². The van der Waals surface area contributed by atoms with Gasteiger partial charge < -0.3 is 10.1 Å². The number of carboxylic acids is 1. The van der Waals surface area contributed by atoms with Gasteiger partial charge in [-0.15, -0.1) is 5.10 Å². The number of rotatable bonds is 3. The van der Waals surface area contributed by atoms with Gasteiger partial charge in [0.15, 0.2) is 11.4 Å². The van der Waals surface area contributed by atoms with E-state index in [1.54, 1.807) is 6.92 Å². The molecule has 0 radical (unpaired) electrons. The molecule has 0 bridgehead atoms. The highest BCUT2D eigenvalue weighted by Crippen LogP contribution is 2.06. The van der Waals surface area contributed by atoms with E-state index in [-0.39, 0.29) is 17.3 Å². The summed E-state index contributed by atoms with van der Waals surface area (Å²) in [6, 6.07) is 0. The Morgan fingerprint density at radius 3 is 2.82 bits per heavy atom. The molecule has 9 heteroatoms. The van der Waals surface area contributed by atoms with Gasteiger partial charge >= 0.3 is 5.97 Å². The largest absolute Gasteiger partial charge is 0.477 e. The molecule has 0 atom stereocenters. The van der Waals surface area contributed by atoms with Gasteiger partial charge in [-0.05, 0) is 6.92 Å². The maximum absolute atomic E-state index is 11.7. The standard InChI is InChI=1S/C8H8N6O3/c1-3-11-8(14-13-3)12-6(15)4-5(7(16)17)10-2-9-4/h2H,1H3,(H,9,10)(H,16,17)(H2,11,12,13,14,15). The highest BCUT2D eigenvalue weighted by molar-refractivity contribution is 6.07. The minimum Gasteiger partial charge on any atom is -0.477 e. The number of aromatic amines is 2. The van der Waals surface area contributed by atoms with Crippen molar-refractivity contribution in [3.05, 3.63) is 23.5 Å². The van der Waals surface area contributed by atoms with E-state index in [2.05, 4.69) is 30.5 Å². The first-order valence-electron chi connectivity index (χ1n) is 4.55. The van der Waals surface area contributed by atoms with Gasteiger partial charge in [0.25, 0.3) is 5.91 Å². The molecule has 2 aromatic rings. The van der Waals surface area contributed by atoms with Gasteiger partial charge in [0.2, 0.25) is 5.95 Å². The van der Waals surface area contributed by atoms with E-state index in [4.69, 9.17) is 5.11 Å². The number of aromatic nitrogens is 5. The van der Waals surface area contributed by atoms with Gasteiger partial charge in [-0.2, -0.15) is 4.98 Å². The molecule has 0 aromatic carbocycles. The zero-order valence-electron chi connectivity index (χ0n) is 8.68. The lowest BCUT2D eigenvalue weighted by molar-refractivity contribution is 0.0686. The number of amides is 1. The Kier molecular flexibility index (Phi) is 2.57. The average Bonchev–Trinajstić information content (AvgIpc) is 2.86. The Morgan fingerprint density at radius 1 is 1.47 bits per heavy atom. The van der Waals surface area contributed by atoms with Gasteiger partial charge in [0, 0.05) is 0 Å². The molecule has 9 nitrogen and oxygen atoms in total. The van der Waals surface area contributed by atoms with Crippen LogP contribution in [-0.4, -0.2) is 42.1 Å². The van der Waals surface area contributed by atoms with Crippen molar-refractivity contribution in [2.24, 2.45) is 0 Å². The van der Waals surface area contributed by atoms with Crippen LogP contribution in [0.4, 0.5) is 5.95 Å². The highest BCUT2D eigenvalue weighted by atomic mass is 16.4. The molecule has 0 unspecified atom stereocenters. The van der Waals surface area contributed by atoms with Crippen LogP contribution in [0.1, 0.15) is 26.8 Å². The van der Waals surface area contributed by atoms with E-state index in [1.165, 1.54) is 0 Å². The van der Waals surface area contributed by atoms with Crippen LogP contribution < -0.4 is 5.32 Å². The second-order valence-corrected chi connectivity index (χ2v) is 3.13. The predicted octanol–water partition coefficient (Wildman–Crippen LogP) is -0.213. The predicted molar refractivity (Wildman–Crippen MR) is 54.6 cm³/mol. The molecule has 2 rings (SSSR count). The minimum absolute atomic E-state index is 0.0619. The van der Waals surface area contributed by atoms with Crippen molar-refractivity contribution in [1.82, 2.24) is 25.1 Å². The molecule has 17 heavy (non-hydrogen) atoms. The molecule has 0 saturated carbocycles. The monoisotopic (exact) mass is 236 g/mol. The van der Waals surface area contributed by atoms with Crippen molar-refractivity contribution in [3.63, 3.8) is 0 Å². The summed E-state index contributed by atoms with van der Waals surface area (Å²) >= 11 is 0. The fourth-order valence-electron chi connectivity index (χ4n) is 1.19. The first-order valence-corrected chi connectivity index (χ1v) is 4.55. The van der Waals surface area contributed by atoms with Crippen molar-refractivity contribution < 1.29 is 14.7 Å². The summed E-state index contributed by atoms with van der Waals surface area (Å²) in [5, 5.41) is 17.3. The second kappa shape index (κ2) is 4.04. The third kappa shape index (κ3) is 2.12. The summed E-state index contributed by atoms with van der Waals surface area (Å²) in [5.41, 5.74) is -0.505. The zero-order valence-corrected chi connectivity index (χ0v) is 8.68. The van der Waals surface area contributed by atoms with Crippen LogP contribution in [0.2, 0.25) is 0 Å². The molecule has 1 amide bonds. The molecule has 2 aromatic heterocycles. The molecule has 0 fully saturated rings. The zero-order chi connectivity index (χ0) is 12.4. The topological polar surface area (TPSA) is 137 Å². The fourth-order valence-corrected chi connectivity index (χ4v) is 1.19. The SMILES string of the molecule is Cc1nc(NC(=O)c2nc[nH]c2C(=O)O)n[nH]1. The lowest BCUT2D eigenvalue weighted by Crippen LogP contribution is -2.17. The van der Waals surface area contributed by atoms with Crippen LogP contribution >= 0.6 is 0 Å². The first kappa shape index (κ1) is 10.8. The summed E-state index contributed by atoms with van der Waals surface area (Å²) in [5.74, 6) is -1.37. The third-order valence-corrected chi connectivity index (χ3v) is 1.89. The maximum atomic E-state index is 11.7. The number of aryl methyl sites for hydroxylation is 1. The normalized spacial score (nSPS) is 10.2. The number of anilines is 1. The Labute approximate surface area is 94.3 Å². The molecule has 0 aliphatic carbocycles. The van der Waals surface area contributed by atoms with Crippen LogP contribution in [-0.2, 0) is 0 Å². The molecule has 0 saturated heterocycles. The number of carbonyl (C=O) groups excluding carboxylic acids is 1. The number of hydrogen-bond acceptors (Lipinski definition) is 5. The number of imidazole rings is 1. The van der Waals surface area contributed by atoms with Crippen LogP contribution in [0.25, 0.3) is 0 Å². The fraction of sp³-hybridized carbons (Fsp3) is 0.125. The quantitative estimate of drug-likeness (QED) is 0.581. The van der Waals surface area contributed by atoms with Gasteiger partial charge in [-0.1, -0.05) is 0 Å². The maximum Gasteiger partial charge on any atom is 0.354 e. The second-order valence-electron chi connectivity index (χ2n) is 3.13. The van der Waals surface area contributed by atoms with Crippen molar-refractivity contribution in [1.29, 1.82) is 0 Å². The summed E-state index contributed by atoms with van der Waals surface area (Å²) in [4.78, 5) is 32.2. The van der Waals surface area contributed by atoms with Crippen LogP contribution in [0.3, 0.4) is 0 Å². The number of carboxylic acid groups (broad SMARTS) is 1. The van der Waals surface area contributed by atoms with E-state index < -0.39 is 11.9 Å². The van der Waals surface area contributed by atoms with E-state index in [0.29, 0.717) is 5.82 Å². The Balaban J connectivity index is 2.20. The highest BCUT2D eigenvalue weighted by Gasteiger charge is 2.20. The van der Waals surface area contributed by atoms with Crippen molar-refractivity contribution >= 4 is 17.8 Å². The average molecular weight is 236 g/mol. The van der Waals surface area contributed by atoms with E-state index >= 15 is 0 Å². The van der Waals surface area contributed by atoms with Gasteiger partial charge in [0.1, 0.15) is 5.82 Å². The lowest BCUT2D eigenvalue weighted by Gasteiger charge is -1.98. The Bertz CT molecular complexity index is 571. The molecule has 88 valence electrons. The van der Waals surface area contributed by atoms with E-state index in [1.807, 2.05) is 0 Å². The lowest BCUT2D eigenvalue weighted by atomic mass is 10.3. The molecular weight excluding hydrogens is 228 g/mol. The van der Waals surface area contributed by atoms with E-state index in [0.717, 1.165) is 6.33 Å². The molecule has 4 N–H and O–H groups in total. The summed E-state index contributed by atoms with van der Waals surface area (Å²) in [6.07, 6.45) is 1.13. The van der Waals surface area contributed by atoms with Crippen molar-refractivity contribution in [3.8, 4) is 0 Å². The van der Waals surface area contributed by atoms with Crippen molar-refractivity contribution in [2.45, 2.75) is 6.92 Å². The van der Waals surface area contributed by atoms with Crippen molar-refractivity contribution in [2.75, 3.05) is 5.32 Å². The number of aromatic carboxylic acids is 1. The van der Waals surface area contributed by atoms with E-state index in [9.17, 15) is 9.59 Å². The number of carbonyl (C=O) groups is 2. The smallest absolute Gasteiger partial charge is 0.354 e. The van der Waals surface area contributed by atoms with Crippen LogP contribution in [0, 0.1) is 6.92 Å². The van der Waals surface area contributed by atoms with Gasteiger partial charge in [-0.25, -0.2) is 9.78 Å². The molecule has 0 aliphatic heterocycles. The molecular formula is C8H8N6O3. The number of H-pyrrole nitrogens is 2. The minimum atomic E-state index is -1.26. The Hall–Kier alpha value is -2.71. The van der Waals surface area contributed by atoms with Crippen LogP contribution in [0.5, 0.6) is 0 Å².